The number of amides is 2. The van der Waals surface area contributed by atoms with Crippen LogP contribution >= 0.6 is 0 Å². The Balaban J connectivity index is 1.89. The van der Waals surface area contributed by atoms with Crippen molar-refractivity contribution in [2.45, 2.75) is 58.0 Å². The van der Waals surface area contributed by atoms with Crippen molar-refractivity contribution in [3.8, 4) is 0 Å². The Morgan fingerprint density at radius 2 is 1.69 bits per heavy atom. The molecule has 3 rings (SSSR count). The van der Waals surface area contributed by atoms with Crippen LogP contribution in [0.3, 0.4) is 0 Å². The number of halogens is 3. The molecule has 0 saturated heterocycles. The average molecular weight is 504 g/mol. The fourth-order valence-electron chi connectivity index (χ4n) is 3.68. The smallest absolute Gasteiger partial charge is 0.389 e. The molecule has 0 radical (unpaired) electrons. The second kappa shape index (κ2) is 10.9. The van der Waals surface area contributed by atoms with Gasteiger partial charge < -0.3 is 15.4 Å². The van der Waals surface area contributed by atoms with Crippen molar-refractivity contribution in [3.63, 3.8) is 0 Å². The molecule has 0 fully saturated rings. The first-order chi connectivity index (χ1) is 16.8. The van der Waals surface area contributed by atoms with Crippen LogP contribution < -0.4 is 10.6 Å². The molecule has 1 heterocycles. The van der Waals surface area contributed by atoms with Gasteiger partial charge in [0.15, 0.2) is 0 Å². The summed E-state index contributed by atoms with van der Waals surface area (Å²) in [6, 6.07) is 15.9. The molecule has 1 aliphatic heterocycles. The molecule has 0 aromatic heterocycles. The minimum atomic E-state index is -4.52. The summed E-state index contributed by atoms with van der Waals surface area (Å²) in [5, 5.41) is 5.14. The highest BCUT2D eigenvalue weighted by molar-refractivity contribution is 6.19. The molecule has 2 aromatic carbocycles. The van der Waals surface area contributed by atoms with Crippen molar-refractivity contribution in [3.05, 3.63) is 65.7 Å². The maximum atomic E-state index is 13.1. The zero-order valence-corrected chi connectivity index (χ0v) is 20.2. The largest absolute Gasteiger partial charge is 0.460 e. The lowest BCUT2D eigenvalue weighted by atomic mass is 9.97. The van der Waals surface area contributed by atoms with Crippen LogP contribution in [0.1, 0.15) is 51.2 Å². The average Bonchev–Trinajstić information content (AvgIpc) is 2.91. The number of ether oxygens (including phenoxy) is 1. The highest BCUT2D eigenvalue weighted by Crippen LogP contribution is 2.27. The number of aliphatic imine (C=N–C) groups is 1. The predicted octanol–water partition coefficient (Wildman–Crippen LogP) is 4.61. The van der Waals surface area contributed by atoms with Crippen LogP contribution in [-0.4, -0.2) is 41.4 Å². The van der Waals surface area contributed by atoms with Gasteiger partial charge in [-0.15, -0.1) is 0 Å². The maximum absolute atomic E-state index is 13.1. The zero-order valence-electron chi connectivity index (χ0n) is 20.2. The summed E-state index contributed by atoms with van der Waals surface area (Å²) in [6.45, 7) is 4.84. The summed E-state index contributed by atoms with van der Waals surface area (Å²) in [7, 11) is 0. The number of esters is 1. The second-order valence-electron chi connectivity index (χ2n) is 9.43. The van der Waals surface area contributed by atoms with E-state index in [0.717, 1.165) is 0 Å². The number of nitrogens with one attached hydrogen (secondary N) is 2. The lowest BCUT2D eigenvalue weighted by molar-refractivity contribution is -0.159. The van der Waals surface area contributed by atoms with Crippen molar-refractivity contribution in [1.82, 2.24) is 5.32 Å². The minimum Gasteiger partial charge on any atom is -0.460 e. The van der Waals surface area contributed by atoms with Crippen LogP contribution in [0.15, 0.2) is 59.6 Å². The highest BCUT2D eigenvalue weighted by atomic mass is 19.4. The number of alkyl halides is 3. The van der Waals surface area contributed by atoms with Gasteiger partial charge in [-0.05, 0) is 33.3 Å². The summed E-state index contributed by atoms with van der Waals surface area (Å²) in [5.74, 6) is -3.73. The first-order valence-corrected chi connectivity index (χ1v) is 11.4. The minimum absolute atomic E-state index is 0.425. The van der Waals surface area contributed by atoms with Gasteiger partial charge in [-0.1, -0.05) is 48.5 Å². The number of carbonyl (C=O) groups excluding carboxylic acids is 3. The van der Waals surface area contributed by atoms with Gasteiger partial charge in [-0.3, -0.25) is 14.4 Å². The Hall–Kier alpha value is -3.69. The van der Waals surface area contributed by atoms with Crippen molar-refractivity contribution < 1.29 is 32.3 Å². The van der Waals surface area contributed by atoms with E-state index < -0.39 is 60.9 Å². The number of hydrogen-bond acceptors (Lipinski definition) is 5. The van der Waals surface area contributed by atoms with E-state index in [4.69, 9.17) is 4.74 Å². The van der Waals surface area contributed by atoms with Crippen LogP contribution in [0.25, 0.3) is 0 Å². The molecule has 0 saturated carbocycles. The van der Waals surface area contributed by atoms with Crippen molar-refractivity contribution in [2.24, 2.45) is 10.9 Å². The number of para-hydroxylation sites is 1. The molecule has 0 unspecified atom stereocenters. The van der Waals surface area contributed by atoms with Crippen molar-refractivity contribution in [1.29, 1.82) is 0 Å². The van der Waals surface area contributed by atoms with Gasteiger partial charge in [0.2, 0.25) is 12.1 Å². The van der Waals surface area contributed by atoms with E-state index in [0.29, 0.717) is 22.5 Å². The summed E-state index contributed by atoms with van der Waals surface area (Å²) in [6.07, 6.45) is -8.42. The Kier molecular flexibility index (Phi) is 8.17. The van der Waals surface area contributed by atoms with Crippen LogP contribution in [0.5, 0.6) is 0 Å². The third-order valence-corrected chi connectivity index (χ3v) is 5.25. The fraction of sp³-hybridized carbons (Fsp3) is 0.385. The molecule has 0 spiro atoms. The molecule has 7 nitrogen and oxygen atoms in total. The van der Waals surface area contributed by atoms with Crippen molar-refractivity contribution in [2.75, 3.05) is 5.32 Å². The molecule has 0 aliphatic carbocycles. The molecule has 1 aliphatic rings. The van der Waals surface area contributed by atoms with Gasteiger partial charge in [0.1, 0.15) is 5.60 Å². The fourth-order valence-corrected chi connectivity index (χ4v) is 3.68. The van der Waals surface area contributed by atoms with E-state index in [1.807, 2.05) is 6.07 Å². The number of benzene rings is 2. The van der Waals surface area contributed by atoms with Gasteiger partial charge in [-0.25, -0.2) is 4.99 Å². The highest BCUT2D eigenvalue weighted by Gasteiger charge is 2.35. The van der Waals surface area contributed by atoms with Gasteiger partial charge in [-0.2, -0.15) is 13.2 Å². The number of carbonyl (C=O) groups is 3. The molecule has 2 amide bonds. The van der Waals surface area contributed by atoms with Crippen LogP contribution in [-0.2, 0) is 19.1 Å². The van der Waals surface area contributed by atoms with Crippen molar-refractivity contribution >= 4 is 29.2 Å². The number of rotatable bonds is 7. The number of fused-ring (bicyclic) bond motifs is 1. The van der Waals surface area contributed by atoms with E-state index in [9.17, 15) is 27.6 Å². The van der Waals surface area contributed by atoms with Gasteiger partial charge in [0.25, 0.3) is 5.91 Å². The third-order valence-electron chi connectivity index (χ3n) is 5.25. The monoisotopic (exact) mass is 503 g/mol. The molecular weight excluding hydrogens is 475 g/mol. The Bertz CT molecular complexity index is 1140. The first-order valence-electron chi connectivity index (χ1n) is 11.4. The van der Waals surface area contributed by atoms with E-state index in [-0.39, 0.29) is 0 Å². The van der Waals surface area contributed by atoms with E-state index in [1.54, 1.807) is 69.3 Å². The summed E-state index contributed by atoms with van der Waals surface area (Å²) < 4.78 is 43.9. The van der Waals surface area contributed by atoms with Gasteiger partial charge in [0.05, 0.1) is 17.8 Å². The molecule has 10 heteroatoms. The molecular formula is C26H28F3N3O4. The molecule has 0 bridgehead atoms. The lowest BCUT2D eigenvalue weighted by Gasteiger charge is -2.23. The van der Waals surface area contributed by atoms with Gasteiger partial charge in [0, 0.05) is 23.5 Å². The molecule has 2 aromatic rings. The first kappa shape index (κ1) is 26.9. The summed E-state index contributed by atoms with van der Waals surface area (Å²) in [5.41, 5.74) is 1.33. The van der Waals surface area contributed by atoms with Crippen LogP contribution in [0.2, 0.25) is 0 Å². The summed E-state index contributed by atoms with van der Waals surface area (Å²) >= 11 is 0. The molecule has 36 heavy (non-hydrogen) atoms. The standard InChI is InChI=1S/C26H28F3N3O4/c1-25(2,3)36-20(33)15-17(13-14-26(27,28)29)23(34)32-22-24(35)30-19-12-8-7-11-18(19)21(31-22)16-9-5-4-6-10-16/h4-12,17,22H,13-15H2,1-3H3,(H,30,35)(H,32,34)/t17-,22-/m1/s1. The van der Waals surface area contributed by atoms with Crippen LogP contribution in [0.4, 0.5) is 18.9 Å². The number of benzodiazepines with no additional fused rings is 1. The van der Waals surface area contributed by atoms with E-state index in [2.05, 4.69) is 15.6 Å². The second-order valence-corrected chi connectivity index (χ2v) is 9.43. The molecule has 2 atom stereocenters. The number of anilines is 1. The molecule has 2 N–H and O–H groups in total. The Morgan fingerprint density at radius 1 is 1.06 bits per heavy atom. The van der Waals surface area contributed by atoms with Gasteiger partial charge >= 0.3 is 12.1 Å². The third kappa shape index (κ3) is 7.66. The van der Waals surface area contributed by atoms with E-state index >= 15 is 0 Å². The van der Waals surface area contributed by atoms with Crippen LogP contribution in [0, 0.1) is 5.92 Å². The lowest BCUT2D eigenvalue weighted by Crippen LogP contribution is -2.45. The topological polar surface area (TPSA) is 96.9 Å². The maximum Gasteiger partial charge on any atom is 0.389 e. The Labute approximate surface area is 207 Å². The number of hydrogen-bond donors (Lipinski definition) is 2. The summed E-state index contributed by atoms with van der Waals surface area (Å²) in [4.78, 5) is 42.8. The zero-order chi connectivity index (χ0) is 26.5. The number of nitrogens with zero attached hydrogens (tertiary/aromatic N) is 1. The predicted molar refractivity (Wildman–Crippen MR) is 128 cm³/mol. The SMILES string of the molecule is CC(C)(C)OC(=O)C[C@@H](CCC(F)(F)F)C(=O)N[C@H]1N=C(c2ccccc2)c2ccccc2NC1=O. The normalized spacial score (nSPS) is 16.7. The Morgan fingerprint density at radius 3 is 2.33 bits per heavy atom. The molecule has 192 valence electrons. The quantitative estimate of drug-likeness (QED) is 0.540. The van der Waals surface area contributed by atoms with E-state index in [1.165, 1.54) is 0 Å².